The maximum Gasteiger partial charge on any atom is 0.321 e. The predicted molar refractivity (Wildman–Crippen MR) is 132 cm³/mol. The Morgan fingerprint density at radius 3 is 2.76 bits per heavy atom. The van der Waals surface area contributed by atoms with Crippen molar-refractivity contribution in [3.63, 3.8) is 0 Å². The first kappa shape index (κ1) is 21.2. The second-order valence-corrected chi connectivity index (χ2v) is 9.48. The van der Waals surface area contributed by atoms with Gasteiger partial charge >= 0.3 is 6.03 Å². The number of urea groups is 1. The number of hydrogen-bond acceptors (Lipinski definition) is 5. The molecule has 0 spiro atoms. The second-order valence-electron chi connectivity index (χ2n) is 8.38. The van der Waals surface area contributed by atoms with E-state index in [9.17, 15) is 4.79 Å². The average molecular weight is 459 g/mol. The van der Waals surface area contributed by atoms with E-state index in [0.29, 0.717) is 0 Å². The third-order valence-corrected chi connectivity index (χ3v) is 6.83. The zero-order chi connectivity index (χ0) is 22.8. The van der Waals surface area contributed by atoms with Crippen molar-refractivity contribution in [1.29, 1.82) is 0 Å². The summed E-state index contributed by atoms with van der Waals surface area (Å²) in [6.45, 7) is 1.74. The zero-order valence-corrected chi connectivity index (χ0v) is 19.5. The summed E-state index contributed by atoms with van der Waals surface area (Å²) in [5.41, 5.74) is 5.72. The number of anilines is 2. The molecule has 1 aliphatic heterocycles. The lowest BCUT2D eigenvalue weighted by Gasteiger charge is -2.29. The minimum Gasteiger partial charge on any atom is -0.343 e. The van der Waals surface area contributed by atoms with Crippen molar-refractivity contribution in [2.75, 3.05) is 30.9 Å². The molecular weight excluding hydrogens is 432 g/mol. The Labute approximate surface area is 197 Å². The fraction of sp³-hybridized carbons (Fsp3) is 0.240. The van der Waals surface area contributed by atoms with Gasteiger partial charge in [-0.3, -0.25) is 0 Å². The lowest BCUT2D eigenvalue weighted by molar-refractivity contribution is 0.230. The molecule has 0 unspecified atom stereocenters. The Balaban J connectivity index is 1.25. The molecule has 1 aliphatic rings. The molecule has 0 radical (unpaired) electrons. The number of amides is 2. The molecule has 0 fully saturated rings. The number of nitrogens with one attached hydrogen (secondary N) is 1. The number of carbonyl (C=O) groups excluding carboxylic acids is 1. The third kappa shape index (κ3) is 4.75. The molecule has 1 N–H and O–H groups in total. The normalized spacial score (nSPS) is 13.0. The first-order chi connectivity index (χ1) is 16.0. The minimum absolute atomic E-state index is 0.121. The molecular formula is C25H26N6OS. The highest BCUT2D eigenvalue weighted by atomic mass is 32.1. The van der Waals surface area contributed by atoms with Crippen molar-refractivity contribution >= 4 is 28.2 Å². The minimum atomic E-state index is -0.121. The highest BCUT2D eigenvalue weighted by molar-refractivity contribution is 7.15. The average Bonchev–Trinajstić information content (AvgIpc) is 3.52. The Kier molecular flexibility index (Phi) is 5.83. The number of rotatable bonds is 5. The van der Waals surface area contributed by atoms with Gasteiger partial charge in [-0.25, -0.2) is 14.5 Å². The van der Waals surface area contributed by atoms with Crippen molar-refractivity contribution in [3.05, 3.63) is 88.7 Å². The van der Waals surface area contributed by atoms with E-state index in [4.69, 9.17) is 4.98 Å². The molecule has 7 nitrogen and oxygen atoms in total. The van der Waals surface area contributed by atoms with E-state index < -0.39 is 0 Å². The summed E-state index contributed by atoms with van der Waals surface area (Å²) < 4.78 is 1.86. The van der Waals surface area contributed by atoms with Gasteiger partial charge in [0, 0.05) is 62.8 Å². The van der Waals surface area contributed by atoms with Gasteiger partial charge in [0.25, 0.3) is 0 Å². The number of benzene rings is 2. The van der Waals surface area contributed by atoms with Gasteiger partial charge in [-0.1, -0.05) is 18.2 Å². The molecule has 5 rings (SSSR count). The molecule has 2 amide bonds. The van der Waals surface area contributed by atoms with E-state index in [2.05, 4.69) is 51.7 Å². The van der Waals surface area contributed by atoms with Crippen LogP contribution in [0.5, 0.6) is 0 Å². The predicted octanol–water partition coefficient (Wildman–Crippen LogP) is 4.58. The number of hydrogen-bond donors (Lipinski definition) is 1. The smallest absolute Gasteiger partial charge is 0.321 e. The van der Waals surface area contributed by atoms with Crippen LogP contribution in [0.3, 0.4) is 0 Å². The van der Waals surface area contributed by atoms with E-state index >= 15 is 0 Å². The Morgan fingerprint density at radius 2 is 2.00 bits per heavy atom. The molecule has 3 heterocycles. The largest absolute Gasteiger partial charge is 0.343 e. The van der Waals surface area contributed by atoms with E-state index in [-0.39, 0.29) is 6.03 Å². The van der Waals surface area contributed by atoms with Crippen LogP contribution in [0.25, 0.3) is 5.69 Å². The van der Waals surface area contributed by atoms with Crippen molar-refractivity contribution in [1.82, 2.24) is 19.7 Å². The van der Waals surface area contributed by atoms with Gasteiger partial charge in [0.1, 0.15) is 0 Å². The monoisotopic (exact) mass is 458 g/mol. The molecule has 4 aromatic rings. The molecule has 168 valence electrons. The maximum absolute atomic E-state index is 12.0. The molecule has 0 aliphatic carbocycles. The summed E-state index contributed by atoms with van der Waals surface area (Å²) >= 11 is 1.75. The molecule has 0 saturated carbocycles. The van der Waals surface area contributed by atoms with E-state index in [1.54, 1.807) is 31.6 Å². The van der Waals surface area contributed by atoms with Crippen LogP contribution in [0, 0.1) is 0 Å². The number of carbonyl (C=O) groups is 1. The summed E-state index contributed by atoms with van der Waals surface area (Å²) in [7, 11) is 3.48. The van der Waals surface area contributed by atoms with Gasteiger partial charge in [-0.15, -0.1) is 11.3 Å². The topological polar surface area (TPSA) is 66.3 Å². The van der Waals surface area contributed by atoms with Gasteiger partial charge < -0.3 is 15.1 Å². The Morgan fingerprint density at radius 1 is 1.15 bits per heavy atom. The van der Waals surface area contributed by atoms with Crippen LogP contribution in [-0.4, -0.2) is 46.3 Å². The summed E-state index contributed by atoms with van der Waals surface area (Å²) in [5, 5.41) is 8.27. The fourth-order valence-corrected chi connectivity index (χ4v) is 4.92. The van der Waals surface area contributed by atoms with Crippen LogP contribution in [0.1, 0.15) is 21.6 Å². The second kappa shape index (κ2) is 9.07. The molecule has 0 bridgehead atoms. The standard InChI is InChI=1S/C25H26N6OS/c1-29(2)24(32)28-21-7-6-19-10-13-30(17-20(19)15-21)25-26-16-23(33-25)14-18-4-8-22(9-5-18)31-12-3-11-27-31/h3-9,11-12,15-16H,10,13-14,17H2,1-2H3,(H,28,32). The van der Waals surface area contributed by atoms with E-state index in [1.165, 1.54) is 26.5 Å². The third-order valence-electron chi connectivity index (χ3n) is 5.77. The molecule has 33 heavy (non-hydrogen) atoms. The van der Waals surface area contributed by atoms with Gasteiger partial charge in [-0.05, 0) is 53.4 Å². The SMILES string of the molecule is CN(C)C(=O)Nc1ccc2c(c1)CN(c1ncc(Cc3ccc(-n4cccn4)cc3)s1)CC2. The first-order valence-corrected chi connectivity index (χ1v) is 11.8. The van der Waals surface area contributed by atoms with Crippen molar-refractivity contribution in [2.24, 2.45) is 0 Å². The summed E-state index contributed by atoms with van der Waals surface area (Å²) in [4.78, 5) is 21.8. The Hall–Kier alpha value is -3.65. The van der Waals surface area contributed by atoms with Crippen LogP contribution >= 0.6 is 11.3 Å². The highest BCUT2D eigenvalue weighted by Crippen LogP contribution is 2.30. The van der Waals surface area contributed by atoms with Crippen LogP contribution in [-0.2, 0) is 19.4 Å². The Bertz CT molecular complexity index is 1250. The highest BCUT2D eigenvalue weighted by Gasteiger charge is 2.20. The van der Waals surface area contributed by atoms with Crippen LogP contribution in [0.4, 0.5) is 15.6 Å². The number of thiazole rings is 1. The van der Waals surface area contributed by atoms with E-state index in [1.807, 2.05) is 29.2 Å². The lowest BCUT2D eigenvalue weighted by Crippen LogP contribution is -2.31. The van der Waals surface area contributed by atoms with Gasteiger partial charge in [0.15, 0.2) is 5.13 Å². The number of fused-ring (bicyclic) bond motifs is 1. The molecule has 0 saturated heterocycles. The van der Waals surface area contributed by atoms with Crippen molar-refractivity contribution < 1.29 is 4.79 Å². The van der Waals surface area contributed by atoms with Crippen molar-refractivity contribution in [2.45, 2.75) is 19.4 Å². The molecule has 2 aromatic heterocycles. The molecule has 0 atom stereocenters. The molecule has 2 aromatic carbocycles. The lowest BCUT2D eigenvalue weighted by atomic mass is 9.99. The maximum atomic E-state index is 12.0. The summed E-state index contributed by atoms with van der Waals surface area (Å²) in [5.74, 6) is 0. The molecule has 8 heteroatoms. The first-order valence-electron chi connectivity index (χ1n) is 10.9. The van der Waals surface area contributed by atoms with Gasteiger partial charge in [-0.2, -0.15) is 5.10 Å². The fourth-order valence-electron chi connectivity index (χ4n) is 3.95. The van der Waals surface area contributed by atoms with E-state index in [0.717, 1.165) is 42.4 Å². The summed E-state index contributed by atoms with van der Waals surface area (Å²) in [6, 6.07) is 16.5. The quantitative estimate of drug-likeness (QED) is 0.476. The van der Waals surface area contributed by atoms with Crippen molar-refractivity contribution in [3.8, 4) is 5.69 Å². The van der Waals surface area contributed by atoms with Gasteiger partial charge in [0.05, 0.1) is 5.69 Å². The van der Waals surface area contributed by atoms with Gasteiger partial charge in [0.2, 0.25) is 0 Å². The van der Waals surface area contributed by atoms with Crippen LogP contribution in [0.15, 0.2) is 67.1 Å². The number of aromatic nitrogens is 3. The zero-order valence-electron chi connectivity index (χ0n) is 18.7. The van der Waals surface area contributed by atoms with Crippen LogP contribution in [0.2, 0.25) is 0 Å². The summed E-state index contributed by atoms with van der Waals surface area (Å²) in [6.07, 6.45) is 7.56. The number of nitrogens with zero attached hydrogens (tertiary/aromatic N) is 5. The van der Waals surface area contributed by atoms with Crippen LogP contribution < -0.4 is 10.2 Å².